The number of fused-ring (bicyclic) bond motifs is 2. The van der Waals surface area contributed by atoms with Crippen LogP contribution in [0.3, 0.4) is 0 Å². The quantitative estimate of drug-likeness (QED) is 0.351. The zero-order valence-corrected chi connectivity index (χ0v) is 25.8. The van der Waals surface area contributed by atoms with Gasteiger partial charge >= 0.3 is 0 Å². The van der Waals surface area contributed by atoms with Crippen molar-refractivity contribution >= 4 is 45.9 Å². The molecule has 3 fully saturated rings. The van der Waals surface area contributed by atoms with Crippen molar-refractivity contribution < 1.29 is 19.5 Å². The Kier molecular flexibility index (Phi) is 8.59. The van der Waals surface area contributed by atoms with Crippen LogP contribution in [0.5, 0.6) is 0 Å². The lowest BCUT2D eigenvalue weighted by Crippen LogP contribution is -2.57. The Morgan fingerprint density at radius 2 is 1.81 bits per heavy atom. The Morgan fingerprint density at radius 3 is 2.45 bits per heavy atom. The molecule has 2 aromatic carbocycles. The van der Waals surface area contributed by atoms with E-state index in [4.69, 9.17) is 0 Å². The molecule has 2 bridgehead atoms. The maximum Gasteiger partial charge on any atom is 0.251 e. The van der Waals surface area contributed by atoms with Crippen LogP contribution in [0.15, 0.2) is 67.8 Å². The largest absolute Gasteiger partial charge is 0.394 e. The zero-order valence-electron chi connectivity index (χ0n) is 25.0. The molecule has 3 heterocycles. The number of amides is 3. The molecule has 0 aromatic heterocycles. The summed E-state index contributed by atoms with van der Waals surface area (Å²) in [4.78, 5) is 48.8. The number of hydrogen-bond donors (Lipinski definition) is 1. The van der Waals surface area contributed by atoms with Crippen LogP contribution in [0.1, 0.15) is 46.5 Å². The number of anilines is 1. The van der Waals surface area contributed by atoms with Crippen molar-refractivity contribution in [3.63, 3.8) is 0 Å². The predicted molar refractivity (Wildman–Crippen MR) is 170 cm³/mol. The monoisotopic (exact) mass is 589 g/mol. The molecule has 3 aliphatic rings. The average Bonchev–Trinajstić information content (AvgIpc) is 3.56. The number of thioether (sulfide) groups is 1. The van der Waals surface area contributed by atoms with E-state index >= 15 is 0 Å². The van der Waals surface area contributed by atoms with Crippen molar-refractivity contribution in [2.24, 2.45) is 11.8 Å². The van der Waals surface area contributed by atoms with Crippen LogP contribution in [0.4, 0.5) is 5.69 Å². The molecule has 8 heteroatoms. The molecule has 1 spiro atoms. The summed E-state index contributed by atoms with van der Waals surface area (Å²) in [6, 6.07) is 12.6. The summed E-state index contributed by atoms with van der Waals surface area (Å²) in [6.45, 7) is 14.9. The molecule has 0 radical (unpaired) electrons. The minimum atomic E-state index is -0.804. The molecule has 3 amide bonds. The van der Waals surface area contributed by atoms with Crippen molar-refractivity contribution in [2.45, 2.75) is 68.0 Å². The van der Waals surface area contributed by atoms with Crippen LogP contribution in [0, 0.1) is 11.8 Å². The average molecular weight is 590 g/mol. The molecular weight excluding hydrogens is 546 g/mol. The molecule has 1 N–H and O–H groups in total. The lowest BCUT2D eigenvalue weighted by atomic mass is 9.66. The first-order chi connectivity index (χ1) is 20.2. The number of carbonyl (C=O) groups is 3. The van der Waals surface area contributed by atoms with Gasteiger partial charge in [-0.3, -0.25) is 14.4 Å². The Bertz CT molecular complexity index is 1390. The third-order valence-electron chi connectivity index (χ3n) is 9.57. The van der Waals surface area contributed by atoms with E-state index in [0.29, 0.717) is 25.9 Å². The van der Waals surface area contributed by atoms with Gasteiger partial charge in [0.25, 0.3) is 5.91 Å². The summed E-state index contributed by atoms with van der Waals surface area (Å²) in [5.41, 5.74) is 0.736. The summed E-state index contributed by atoms with van der Waals surface area (Å²) in [7, 11) is 0. The number of aliphatic hydroxyl groups excluding tert-OH is 1. The van der Waals surface area contributed by atoms with Gasteiger partial charge in [-0.1, -0.05) is 56.3 Å². The Labute approximate surface area is 253 Å². The van der Waals surface area contributed by atoms with Crippen molar-refractivity contribution in [3.05, 3.63) is 67.8 Å². The predicted octanol–water partition coefficient (Wildman–Crippen LogP) is 5.04. The van der Waals surface area contributed by atoms with Crippen LogP contribution >= 0.6 is 11.8 Å². The van der Waals surface area contributed by atoms with Gasteiger partial charge in [0.15, 0.2) is 0 Å². The van der Waals surface area contributed by atoms with Gasteiger partial charge in [0, 0.05) is 30.1 Å². The van der Waals surface area contributed by atoms with Crippen molar-refractivity contribution in [3.8, 4) is 0 Å². The van der Waals surface area contributed by atoms with Crippen LogP contribution in [-0.4, -0.2) is 80.4 Å². The Balaban J connectivity index is 1.62. The molecule has 3 saturated heterocycles. The van der Waals surface area contributed by atoms with E-state index < -0.39 is 33.4 Å². The normalized spacial score (nSPS) is 28.5. The number of hydrogen-bond acceptors (Lipinski definition) is 5. The van der Waals surface area contributed by atoms with Crippen LogP contribution in [0.2, 0.25) is 0 Å². The molecule has 6 atom stereocenters. The highest BCUT2D eigenvalue weighted by molar-refractivity contribution is 8.02. The fourth-order valence-corrected chi connectivity index (χ4v) is 10.0. The summed E-state index contributed by atoms with van der Waals surface area (Å²) in [5.74, 6) is -1.57. The first kappa shape index (κ1) is 30.4. The lowest BCUT2D eigenvalue weighted by molar-refractivity contribution is -0.146. The highest BCUT2D eigenvalue weighted by atomic mass is 32.2. The van der Waals surface area contributed by atoms with Gasteiger partial charge < -0.3 is 19.8 Å². The minimum absolute atomic E-state index is 0.0331. The highest BCUT2D eigenvalue weighted by Gasteiger charge is 2.78. The number of rotatable bonds is 12. The van der Waals surface area contributed by atoms with Crippen LogP contribution < -0.4 is 4.90 Å². The molecule has 3 aliphatic heterocycles. The molecule has 42 heavy (non-hydrogen) atoms. The molecule has 7 nitrogen and oxygen atoms in total. The maximum absolute atomic E-state index is 14.9. The van der Waals surface area contributed by atoms with E-state index in [0.717, 1.165) is 29.3 Å². The third kappa shape index (κ3) is 4.67. The zero-order chi connectivity index (χ0) is 30.2. The van der Waals surface area contributed by atoms with Crippen LogP contribution in [-0.2, 0) is 14.4 Å². The van der Waals surface area contributed by atoms with Gasteiger partial charge in [-0.05, 0) is 55.5 Å². The van der Waals surface area contributed by atoms with E-state index in [1.165, 1.54) is 0 Å². The van der Waals surface area contributed by atoms with E-state index in [1.807, 2.05) is 61.2 Å². The highest BCUT2D eigenvalue weighted by Crippen LogP contribution is 2.72. The Morgan fingerprint density at radius 1 is 1.10 bits per heavy atom. The number of likely N-dealkylation sites (tertiary alicyclic amines) is 1. The maximum atomic E-state index is 14.9. The Hall–Kier alpha value is -3.10. The van der Waals surface area contributed by atoms with E-state index in [2.05, 4.69) is 20.1 Å². The van der Waals surface area contributed by atoms with Crippen LogP contribution in [0.25, 0.3) is 10.8 Å². The second-order valence-corrected chi connectivity index (χ2v) is 14.0. The fourth-order valence-electron chi connectivity index (χ4n) is 7.68. The van der Waals surface area contributed by atoms with Crippen molar-refractivity contribution in [1.82, 2.24) is 9.80 Å². The lowest BCUT2D eigenvalue weighted by Gasteiger charge is -2.39. The molecule has 0 saturated carbocycles. The summed E-state index contributed by atoms with van der Waals surface area (Å²) >= 11 is 1.67. The number of nitrogens with zero attached hydrogens (tertiary/aromatic N) is 3. The molecule has 0 aliphatic carbocycles. The van der Waals surface area contributed by atoms with Gasteiger partial charge in [-0.2, -0.15) is 0 Å². The van der Waals surface area contributed by atoms with Gasteiger partial charge in [0.05, 0.1) is 29.2 Å². The van der Waals surface area contributed by atoms with Gasteiger partial charge in [-0.25, -0.2) is 0 Å². The number of aliphatic hydroxyl groups is 1. The fraction of sp³-hybridized carbons (Fsp3) is 0.500. The topological polar surface area (TPSA) is 81.2 Å². The van der Waals surface area contributed by atoms with Gasteiger partial charge in [-0.15, -0.1) is 24.9 Å². The molecule has 2 aromatic rings. The van der Waals surface area contributed by atoms with Crippen molar-refractivity contribution in [2.75, 3.05) is 31.1 Å². The molecular formula is C34H43N3O4S. The summed E-state index contributed by atoms with van der Waals surface area (Å²) < 4.78 is -1.21. The second kappa shape index (κ2) is 11.9. The van der Waals surface area contributed by atoms with Crippen molar-refractivity contribution in [1.29, 1.82) is 0 Å². The molecule has 2 unspecified atom stereocenters. The van der Waals surface area contributed by atoms with E-state index in [-0.39, 0.29) is 30.9 Å². The first-order valence-corrected chi connectivity index (χ1v) is 16.0. The minimum Gasteiger partial charge on any atom is -0.394 e. The third-order valence-corrected chi connectivity index (χ3v) is 11.6. The molecule has 5 rings (SSSR count). The standard InChI is InChI=1S/C34H43N3O4S/c1-6-18-35(19-7-2)30(39)27-28-31(40)37(25(9-4)22-38)29(34(28)17-16-33(27,5)42-34)32(41)36(20-8-3)26-15-14-23-12-10-11-13-24(23)21-26/h6,8,10-15,21,25,27-29,38H,1,3,7,9,16-20,22H2,2,4-5H3/t25-,27-,28-,29?,33+,34?/m0/s1. The summed E-state index contributed by atoms with van der Waals surface area (Å²) in [6.07, 6.45) is 6.16. The van der Waals surface area contributed by atoms with Gasteiger partial charge in [0.1, 0.15) is 6.04 Å². The summed E-state index contributed by atoms with van der Waals surface area (Å²) in [5, 5.41) is 12.5. The van der Waals surface area contributed by atoms with E-state index in [9.17, 15) is 19.5 Å². The van der Waals surface area contributed by atoms with Gasteiger partial charge in [0.2, 0.25) is 11.8 Å². The smallest absolute Gasteiger partial charge is 0.251 e. The van der Waals surface area contributed by atoms with E-state index in [1.54, 1.807) is 33.7 Å². The number of benzene rings is 2. The first-order valence-electron chi connectivity index (χ1n) is 15.1. The second-order valence-electron chi connectivity index (χ2n) is 12.1. The number of carbonyl (C=O) groups excluding carboxylic acids is 3. The SMILES string of the molecule is C=CCN(CCC)C(=O)[C@@H]1[C@H]2C(=O)N([C@@H](CC)CO)C(C(=O)N(CC=C)c3ccc4ccccc4c3)C23CC[C@@]1(C)S3. The molecule has 224 valence electrons.